The molecule has 0 aliphatic rings. The molecule has 1 amide bonds. The Labute approximate surface area is 489 Å². The van der Waals surface area contributed by atoms with Crippen LogP contribution in [0.15, 0.2) is 97.2 Å². The molecular weight excluding hydrogens is 996 g/mol. The fraction of sp³-hybridized carbons (Fsp3) is 0.757. The average Bonchev–Trinajstić information content (AvgIpc) is 3.42. The number of amides is 1. The number of carbonyl (C=O) groups is 1. The molecule has 0 aliphatic heterocycles. The van der Waals surface area contributed by atoms with Crippen LogP contribution in [-0.4, -0.2) is 73.4 Å². The van der Waals surface area contributed by atoms with E-state index in [2.05, 4.69) is 116 Å². The van der Waals surface area contributed by atoms with E-state index in [0.29, 0.717) is 23.9 Å². The van der Waals surface area contributed by atoms with Gasteiger partial charge in [0, 0.05) is 6.42 Å². The highest BCUT2D eigenvalue weighted by Crippen LogP contribution is 2.43. The van der Waals surface area contributed by atoms with Gasteiger partial charge in [0.25, 0.3) is 0 Å². The number of aliphatic hydroxyl groups is 1. The number of rotatable bonds is 60. The van der Waals surface area contributed by atoms with E-state index in [4.69, 9.17) is 9.05 Å². The Morgan fingerprint density at radius 2 is 0.759 bits per heavy atom. The standard InChI is InChI=1S/C70H127N2O6P/c1-6-8-10-12-14-16-18-20-22-24-26-28-29-30-31-32-33-34-35-36-37-38-39-40-41-42-43-44-46-48-50-52-54-56-58-60-62-64-70(74)71-68(67-78-79(75,76)77-66-65-72(3,4)5)69(73)63-61-59-57-55-53-51-49-47-45-27-25-23-21-19-17-15-13-11-9-7-2/h8,10,14,16,20,22,26,28,30-31,33-34,36-37,39-40,68-69,73H,6-7,9,11-13,15,17-19,21,23-25,27,29,32,35,38,41-67H2,1-5H3,(H-,71,74,75,76)/p+1/b10-8-,16-14-,22-20-,28-26-,31-30-,34-33-,37-36-,40-39-. The van der Waals surface area contributed by atoms with Crippen LogP contribution in [0.1, 0.15) is 290 Å². The molecule has 0 aliphatic carbocycles. The van der Waals surface area contributed by atoms with Gasteiger partial charge in [-0.2, -0.15) is 0 Å². The molecular formula is C70H128N2O6P+. The van der Waals surface area contributed by atoms with Gasteiger partial charge >= 0.3 is 7.82 Å². The lowest BCUT2D eigenvalue weighted by Crippen LogP contribution is -2.46. The highest BCUT2D eigenvalue weighted by atomic mass is 31.2. The largest absolute Gasteiger partial charge is 0.472 e. The van der Waals surface area contributed by atoms with Crippen LogP contribution in [0.2, 0.25) is 0 Å². The summed E-state index contributed by atoms with van der Waals surface area (Å²) in [6.07, 6.45) is 86.3. The first-order valence-corrected chi connectivity index (χ1v) is 34.6. The predicted molar refractivity (Wildman–Crippen MR) is 346 cm³/mol. The maximum Gasteiger partial charge on any atom is 0.472 e. The van der Waals surface area contributed by atoms with Crippen LogP contribution in [-0.2, 0) is 18.4 Å². The summed E-state index contributed by atoms with van der Waals surface area (Å²) in [5, 5.41) is 14.1. The SMILES string of the molecule is CC/C=C\C/C=C\C/C=C\C/C=C\C/C=C\C/C=C\C/C=C\C/C=C\CCCCCCCCCCCCCCC(=O)NC(COP(=O)(O)OCC[N+](C)(C)C)C(O)CCCCCCCCCCCCCCCCCCCCCC. The van der Waals surface area contributed by atoms with Gasteiger partial charge < -0.3 is 19.8 Å². The second-order valence-corrected chi connectivity index (χ2v) is 24.9. The molecule has 0 saturated heterocycles. The van der Waals surface area contributed by atoms with Crippen molar-refractivity contribution in [1.82, 2.24) is 5.32 Å². The number of allylic oxidation sites excluding steroid dienone is 16. The molecule has 3 atom stereocenters. The topological polar surface area (TPSA) is 105 Å². The van der Waals surface area contributed by atoms with E-state index in [9.17, 15) is 19.4 Å². The second-order valence-electron chi connectivity index (χ2n) is 23.5. The third-order valence-electron chi connectivity index (χ3n) is 14.6. The second kappa shape index (κ2) is 60.0. The van der Waals surface area contributed by atoms with Crippen LogP contribution >= 0.6 is 7.82 Å². The van der Waals surface area contributed by atoms with Crippen molar-refractivity contribution in [2.75, 3.05) is 40.9 Å². The predicted octanol–water partition coefficient (Wildman–Crippen LogP) is 20.9. The first-order valence-electron chi connectivity index (χ1n) is 33.1. The molecule has 0 aromatic rings. The number of hydrogen-bond acceptors (Lipinski definition) is 5. The summed E-state index contributed by atoms with van der Waals surface area (Å²) < 4.78 is 23.8. The quantitative estimate of drug-likeness (QED) is 0.0243. The fourth-order valence-electron chi connectivity index (χ4n) is 9.48. The van der Waals surface area contributed by atoms with Gasteiger partial charge in [-0.15, -0.1) is 0 Å². The first kappa shape index (κ1) is 76.4. The molecule has 0 heterocycles. The summed E-state index contributed by atoms with van der Waals surface area (Å²) >= 11 is 0. The van der Waals surface area contributed by atoms with Gasteiger partial charge in [0.15, 0.2) is 0 Å². The summed E-state index contributed by atoms with van der Waals surface area (Å²) in [5.41, 5.74) is 0. The van der Waals surface area contributed by atoms with Crippen LogP contribution in [0.4, 0.5) is 0 Å². The number of quaternary nitrogens is 1. The third kappa shape index (κ3) is 62.9. The smallest absolute Gasteiger partial charge is 0.391 e. The van der Waals surface area contributed by atoms with E-state index in [1.165, 1.54) is 173 Å². The van der Waals surface area contributed by atoms with Crippen molar-refractivity contribution in [3.8, 4) is 0 Å². The number of unbranched alkanes of at least 4 members (excludes halogenated alkanes) is 31. The van der Waals surface area contributed by atoms with Crippen LogP contribution in [0.25, 0.3) is 0 Å². The lowest BCUT2D eigenvalue weighted by Gasteiger charge is -2.26. The maximum absolute atomic E-state index is 13.1. The molecule has 0 aromatic carbocycles. The van der Waals surface area contributed by atoms with Crippen molar-refractivity contribution < 1.29 is 32.9 Å². The molecule has 0 fully saturated rings. The fourth-order valence-corrected chi connectivity index (χ4v) is 10.2. The number of nitrogens with one attached hydrogen (secondary N) is 1. The van der Waals surface area contributed by atoms with Crippen molar-refractivity contribution in [1.29, 1.82) is 0 Å². The van der Waals surface area contributed by atoms with Gasteiger partial charge in [-0.05, 0) is 77.0 Å². The zero-order chi connectivity index (χ0) is 57.7. The maximum atomic E-state index is 13.1. The number of phosphoric acid groups is 1. The Balaban J connectivity index is 4.07. The summed E-state index contributed by atoms with van der Waals surface area (Å²) in [4.78, 5) is 23.4. The van der Waals surface area contributed by atoms with Gasteiger partial charge in [-0.3, -0.25) is 13.8 Å². The number of phosphoric ester groups is 1. The molecule has 8 nitrogen and oxygen atoms in total. The van der Waals surface area contributed by atoms with Crippen LogP contribution < -0.4 is 5.32 Å². The lowest BCUT2D eigenvalue weighted by atomic mass is 10.0. The van der Waals surface area contributed by atoms with Crippen molar-refractivity contribution in [2.45, 2.75) is 302 Å². The molecule has 0 aromatic heterocycles. The highest BCUT2D eigenvalue weighted by Gasteiger charge is 2.28. The minimum Gasteiger partial charge on any atom is -0.391 e. The zero-order valence-electron chi connectivity index (χ0n) is 52.3. The van der Waals surface area contributed by atoms with E-state index in [1.807, 2.05) is 21.1 Å². The number of nitrogens with zero attached hydrogens (tertiary/aromatic N) is 1. The average molecular weight is 1120 g/mol. The van der Waals surface area contributed by atoms with Crippen molar-refractivity contribution in [3.05, 3.63) is 97.2 Å². The minimum absolute atomic E-state index is 0.0715. The molecule has 0 radical (unpaired) electrons. The van der Waals surface area contributed by atoms with E-state index >= 15 is 0 Å². The number of carbonyl (C=O) groups excluding carboxylic acids is 1. The highest BCUT2D eigenvalue weighted by molar-refractivity contribution is 7.47. The minimum atomic E-state index is -4.33. The van der Waals surface area contributed by atoms with E-state index in [0.717, 1.165) is 89.9 Å². The Morgan fingerprint density at radius 1 is 0.443 bits per heavy atom. The molecule has 458 valence electrons. The monoisotopic (exact) mass is 1120 g/mol. The normalized spacial score (nSPS) is 14.4. The summed E-state index contributed by atoms with van der Waals surface area (Å²) in [6, 6.07) is -0.768. The molecule has 3 N–H and O–H groups in total. The Morgan fingerprint density at radius 3 is 1.11 bits per heavy atom. The lowest BCUT2D eigenvalue weighted by molar-refractivity contribution is -0.870. The van der Waals surface area contributed by atoms with Gasteiger partial charge in [-0.25, -0.2) is 4.57 Å². The summed E-state index contributed by atoms with van der Waals surface area (Å²) in [6.45, 7) is 4.80. The van der Waals surface area contributed by atoms with Crippen LogP contribution in [0.3, 0.4) is 0 Å². The Kier molecular flexibility index (Phi) is 58.1. The number of likely N-dealkylation sites (N-methyl/N-ethyl adjacent to an activating group) is 1. The molecule has 3 unspecified atom stereocenters. The van der Waals surface area contributed by atoms with Gasteiger partial charge in [0.05, 0.1) is 39.9 Å². The summed E-state index contributed by atoms with van der Waals surface area (Å²) in [5.74, 6) is -0.147. The van der Waals surface area contributed by atoms with Crippen molar-refractivity contribution in [3.63, 3.8) is 0 Å². The molecule has 9 heteroatoms. The van der Waals surface area contributed by atoms with E-state index in [-0.39, 0.29) is 19.1 Å². The molecule has 79 heavy (non-hydrogen) atoms. The van der Waals surface area contributed by atoms with Gasteiger partial charge in [-0.1, -0.05) is 304 Å². The zero-order valence-corrected chi connectivity index (χ0v) is 53.2. The third-order valence-corrected chi connectivity index (χ3v) is 15.6. The van der Waals surface area contributed by atoms with Crippen molar-refractivity contribution in [2.24, 2.45) is 0 Å². The van der Waals surface area contributed by atoms with Crippen LogP contribution in [0, 0.1) is 0 Å². The van der Waals surface area contributed by atoms with E-state index < -0.39 is 20.0 Å². The summed E-state index contributed by atoms with van der Waals surface area (Å²) in [7, 11) is 1.61. The number of aliphatic hydroxyl groups excluding tert-OH is 1. The van der Waals surface area contributed by atoms with Gasteiger partial charge in [0.2, 0.25) is 5.91 Å². The molecule has 0 bridgehead atoms. The van der Waals surface area contributed by atoms with Crippen molar-refractivity contribution >= 4 is 13.7 Å². The van der Waals surface area contributed by atoms with E-state index in [1.54, 1.807) is 0 Å². The Hall–Kier alpha value is -2.58. The molecule has 0 rings (SSSR count). The van der Waals surface area contributed by atoms with Gasteiger partial charge in [0.1, 0.15) is 13.2 Å². The Bertz CT molecular complexity index is 1610. The molecule has 0 saturated carbocycles. The molecule has 0 spiro atoms. The van der Waals surface area contributed by atoms with Crippen LogP contribution in [0.5, 0.6) is 0 Å². The first-order chi connectivity index (χ1) is 38.5. The number of hydrogen-bond donors (Lipinski definition) is 3.